The molecule has 0 aromatic carbocycles. The molecule has 8 nitrogen and oxygen atoms in total. The minimum absolute atomic E-state index is 0.0769. The number of carboxylic acid groups (broad SMARTS) is 1. The predicted molar refractivity (Wildman–Crippen MR) is 73.3 cm³/mol. The number of nitrogens with one attached hydrogen (secondary N) is 2. The van der Waals surface area contributed by atoms with Crippen LogP contribution in [0.5, 0.6) is 0 Å². The van der Waals surface area contributed by atoms with E-state index in [1.165, 1.54) is 30.9 Å². The predicted octanol–water partition coefficient (Wildman–Crippen LogP) is 0.432. The average molecular weight is 331 g/mol. The SMILES string of the molecule is O=C(O)C(Cc1cnc[nH]1)NS(=O)(=O)c1cccnc1Cl. The maximum absolute atomic E-state index is 12.2. The van der Waals surface area contributed by atoms with Crippen molar-refractivity contribution in [3.05, 3.63) is 41.7 Å². The van der Waals surface area contributed by atoms with Gasteiger partial charge in [0.25, 0.3) is 0 Å². The minimum atomic E-state index is -4.10. The molecule has 21 heavy (non-hydrogen) atoms. The molecule has 2 aromatic heterocycles. The van der Waals surface area contributed by atoms with Crippen LogP contribution in [0.3, 0.4) is 0 Å². The summed E-state index contributed by atoms with van der Waals surface area (Å²) in [5, 5.41) is 8.92. The van der Waals surface area contributed by atoms with Gasteiger partial charge in [-0.25, -0.2) is 18.4 Å². The standard InChI is InChI=1S/C11H11ClN4O4S/c12-10-9(2-1-3-14-10)21(19,20)16-8(11(17)18)4-7-5-13-6-15-7/h1-3,5-6,8,16H,4H2,(H,13,15)(H,17,18). The van der Waals surface area contributed by atoms with Crippen molar-refractivity contribution in [1.29, 1.82) is 0 Å². The van der Waals surface area contributed by atoms with Crippen molar-refractivity contribution in [2.75, 3.05) is 0 Å². The van der Waals surface area contributed by atoms with Gasteiger partial charge in [0.15, 0.2) is 0 Å². The van der Waals surface area contributed by atoms with Crippen molar-refractivity contribution < 1.29 is 18.3 Å². The largest absolute Gasteiger partial charge is 0.480 e. The molecule has 10 heteroatoms. The van der Waals surface area contributed by atoms with E-state index in [0.29, 0.717) is 5.69 Å². The third kappa shape index (κ3) is 3.78. The highest BCUT2D eigenvalue weighted by molar-refractivity contribution is 7.89. The summed E-state index contributed by atoms with van der Waals surface area (Å²) >= 11 is 5.72. The summed E-state index contributed by atoms with van der Waals surface area (Å²) in [6.45, 7) is 0. The lowest BCUT2D eigenvalue weighted by Gasteiger charge is -2.14. The number of carboxylic acids is 1. The molecule has 2 heterocycles. The van der Waals surface area contributed by atoms with Crippen LogP contribution in [-0.4, -0.2) is 40.5 Å². The van der Waals surface area contributed by atoms with Crippen LogP contribution in [0.25, 0.3) is 0 Å². The van der Waals surface area contributed by atoms with Gasteiger partial charge in [0.1, 0.15) is 16.1 Å². The molecule has 0 aliphatic rings. The molecule has 0 aliphatic heterocycles. The lowest BCUT2D eigenvalue weighted by atomic mass is 10.2. The van der Waals surface area contributed by atoms with Gasteiger partial charge in [0.05, 0.1) is 6.33 Å². The lowest BCUT2D eigenvalue weighted by molar-refractivity contribution is -0.138. The Bertz CT molecular complexity index is 732. The molecule has 1 unspecified atom stereocenters. The molecule has 112 valence electrons. The Kier molecular flexibility index (Phi) is 4.56. The zero-order chi connectivity index (χ0) is 15.5. The molecule has 0 bridgehead atoms. The van der Waals surface area contributed by atoms with Crippen molar-refractivity contribution in [2.45, 2.75) is 17.4 Å². The van der Waals surface area contributed by atoms with Crippen LogP contribution in [0.1, 0.15) is 5.69 Å². The third-order valence-electron chi connectivity index (χ3n) is 2.59. The molecular formula is C11H11ClN4O4S. The van der Waals surface area contributed by atoms with Gasteiger partial charge < -0.3 is 10.1 Å². The summed E-state index contributed by atoms with van der Waals surface area (Å²) < 4.78 is 26.4. The van der Waals surface area contributed by atoms with E-state index in [9.17, 15) is 13.2 Å². The zero-order valence-electron chi connectivity index (χ0n) is 10.5. The number of sulfonamides is 1. The van der Waals surface area contributed by atoms with Gasteiger partial charge >= 0.3 is 5.97 Å². The van der Waals surface area contributed by atoms with Crippen LogP contribution in [0.4, 0.5) is 0 Å². The van der Waals surface area contributed by atoms with E-state index in [1.54, 1.807) is 0 Å². The first-order valence-electron chi connectivity index (χ1n) is 5.73. The summed E-state index contributed by atoms with van der Waals surface area (Å²) in [7, 11) is -4.10. The second-order valence-corrected chi connectivity index (χ2v) is 6.13. The number of hydrogen-bond donors (Lipinski definition) is 3. The maximum Gasteiger partial charge on any atom is 0.322 e. The molecule has 0 saturated heterocycles. The van der Waals surface area contributed by atoms with Crippen molar-refractivity contribution in [3.8, 4) is 0 Å². The molecule has 0 amide bonds. The average Bonchev–Trinajstić information content (AvgIpc) is 2.91. The number of aromatic nitrogens is 3. The Labute approximate surface area is 125 Å². The minimum Gasteiger partial charge on any atom is -0.480 e. The molecule has 2 aromatic rings. The third-order valence-corrected chi connectivity index (χ3v) is 4.51. The second kappa shape index (κ2) is 6.20. The smallest absolute Gasteiger partial charge is 0.322 e. The molecule has 0 radical (unpaired) electrons. The van der Waals surface area contributed by atoms with Gasteiger partial charge in [0, 0.05) is 24.5 Å². The van der Waals surface area contributed by atoms with Crippen LogP contribution in [-0.2, 0) is 21.2 Å². The quantitative estimate of drug-likeness (QED) is 0.660. The molecule has 2 rings (SSSR count). The van der Waals surface area contributed by atoms with Crippen LogP contribution in [0.15, 0.2) is 35.7 Å². The molecule has 3 N–H and O–H groups in total. The topological polar surface area (TPSA) is 125 Å². The first kappa shape index (κ1) is 15.4. The van der Waals surface area contributed by atoms with Crippen molar-refractivity contribution >= 4 is 27.6 Å². The van der Waals surface area contributed by atoms with Gasteiger partial charge in [-0.15, -0.1) is 0 Å². The summed E-state index contributed by atoms with van der Waals surface area (Å²) in [4.78, 5) is 21.0. The van der Waals surface area contributed by atoms with E-state index in [4.69, 9.17) is 16.7 Å². The number of carbonyl (C=O) groups is 1. The maximum atomic E-state index is 12.2. The first-order valence-corrected chi connectivity index (χ1v) is 7.59. The van der Waals surface area contributed by atoms with E-state index < -0.39 is 22.0 Å². The number of rotatable bonds is 6. The summed E-state index contributed by atoms with van der Waals surface area (Å²) in [5.41, 5.74) is 0.488. The van der Waals surface area contributed by atoms with Crippen LogP contribution < -0.4 is 4.72 Å². The van der Waals surface area contributed by atoms with E-state index in [2.05, 4.69) is 19.7 Å². The van der Waals surface area contributed by atoms with Crippen LogP contribution in [0.2, 0.25) is 5.15 Å². The fourth-order valence-electron chi connectivity index (χ4n) is 1.62. The number of aromatic amines is 1. The van der Waals surface area contributed by atoms with E-state index in [0.717, 1.165) is 0 Å². The normalized spacial score (nSPS) is 13.0. The van der Waals surface area contributed by atoms with Gasteiger partial charge in [-0.1, -0.05) is 11.6 Å². The van der Waals surface area contributed by atoms with Crippen LogP contribution >= 0.6 is 11.6 Å². The van der Waals surface area contributed by atoms with Gasteiger partial charge in [-0.3, -0.25) is 4.79 Å². The summed E-state index contributed by atoms with van der Waals surface area (Å²) in [6, 6.07) is 1.28. The second-order valence-electron chi connectivity index (χ2n) is 4.09. The lowest BCUT2D eigenvalue weighted by Crippen LogP contribution is -2.42. The monoisotopic (exact) mass is 330 g/mol. The summed E-state index contributed by atoms with van der Waals surface area (Å²) in [5.74, 6) is -1.31. The molecular weight excluding hydrogens is 320 g/mol. The van der Waals surface area contributed by atoms with E-state index >= 15 is 0 Å². The van der Waals surface area contributed by atoms with E-state index in [1.807, 2.05) is 0 Å². The van der Waals surface area contributed by atoms with Gasteiger partial charge in [-0.2, -0.15) is 4.72 Å². The number of imidazole rings is 1. The van der Waals surface area contributed by atoms with Crippen molar-refractivity contribution in [1.82, 2.24) is 19.7 Å². The highest BCUT2D eigenvalue weighted by Gasteiger charge is 2.27. The van der Waals surface area contributed by atoms with Crippen LogP contribution in [0, 0.1) is 0 Å². The Hall–Kier alpha value is -1.97. The Morgan fingerprint density at radius 3 is 2.86 bits per heavy atom. The van der Waals surface area contributed by atoms with Crippen molar-refractivity contribution in [3.63, 3.8) is 0 Å². The number of hydrogen-bond acceptors (Lipinski definition) is 5. The number of halogens is 1. The number of nitrogens with zero attached hydrogens (tertiary/aromatic N) is 2. The Balaban J connectivity index is 2.24. The fraction of sp³-hybridized carbons (Fsp3) is 0.182. The number of pyridine rings is 1. The molecule has 0 fully saturated rings. The van der Waals surface area contributed by atoms with E-state index in [-0.39, 0.29) is 16.5 Å². The molecule has 0 aliphatic carbocycles. The molecule has 1 atom stereocenters. The summed E-state index contributed by atoms with van der Waals surface area (Å²) in [6.07, 6.45) is 4.05. The highest BCUT2D eigenvalue weighted by Crippen LogP contribution is 2.18. The molecule has 0 saturated carbocycles. The first-order chi connectivity index (χ1) is 9.90. The number of H-pyrrole nitrogens is 1. The highest BCUT2D eigenvalue weighted by atomic mass is 35.5. The van der Waals surface area contributed by atoms with Gasteiger partial charge in [0.2, 0.25) is 10.0 Å². The Morgan fingerprint density at radius 1 is 1.52 bits per heavy atom. The Morgan fingerprint density at radius 2 is 2.29 bits per heavy atom. The zero-order valence-corrected chi connectivity index (χ0v) is 12.1. The van der Waals surface area contributed by atoms with Gasteiger partial charge in [-0.05, 0) is 12.1 Å². The number of aliphatic carboxylic acids is 1. The molecule has 0 spiro atoms. The van der Waals surface area contributed by atoms with Crippen molar-refractivity contribution in [2.24, 2.45) is 0 Å². The fourth-order valence-corrected chi connectivity index (χ4v) is 3.26.